The Bertz CT molecular complexity index is 386. The average Bonchev–Trinajstić information content (AvgIpc) is 2.58. The van der Waals surface area contributed by atoms with Gasteiger partial charge in [0.1, 0.15) is 5.60 Å². The molecular formula is C12H19NO6. The minimum atomic E-state index is -1.52. The molecule has 1 fully saturated rings. The molecular weight excluding hydrogens is 254 g/mol. The number of carbonyl (C=O) groups is 3. The molecule has 7 nitrogen and oxygen atoms in total. The van der Waals surface area contributed by atoms with Gasteiger partial charge in [-0.2, -0.15) is 0 Å². The molecule has 0 spiro atoms. The molecule has 1 unspecified atom stereocenters. The van der Waals surface area contributed by atoms with Gasteiger partial charge < -0.3 is 19.9 Å². The summed E-state index contributed by atoms with van der Waals surface area (Å²) in [6.45, 7) is 5.24. The normalized spacial score (nSPS) is 22.8. The van der Waals surface area contributed by atoms with Crippen molar-refractivity contribution >= 4 is 18.0 Å². The second-order valence-corrected chi connectivity index (χ2v) is 5.45. The fraction of sp³-hybridized carbons (Fsp3) is 0.750. The number of hydrogen-bond acceptors (Lipinski definition) is 5. The van der Waals surface area contributed by atoms with Crippen molar-refractivity contribution in [3.8, 4) is 0 Å². The van der Waals surface area contributed by atoms with Gasteiger partial charge in [0.15, 0.2) is 0 Å². The molecule has 1 atom stereocenters. The molecule has 19 heavy (non-hydrogen) atoms. The Balaban J connectivity index is 2.45. The molecule has 1 amide bonds. The van der Waals surface area contributed by atoms with Gasteiger partial charge in [-0.1, -0.05) is 0 Å². The summed E-state index contributed by atoms with van der Waals surface area (Å²) >= 11 is 0. The van der Waals surface area contributed by atoms with Crippen molar-refractivity contribution in [3.05, 3.63) is 0 Å². The van der Waals surface area contributed by atoms with Crippen molar-refractivity contribution < 1.29 is 29.0 Å². The number of hydrogen-bond donors (Lipinski definition) is 2. The Hall–Kier alpha value is -1.79. The number of amides is 1. The van der Waals surface area contributed by atoms with Crippen LogP contribution in [-0.4, -0.2) is 40.9 Å². The highest BCUT2D eigenvalue weighted by Crippen LogP contribution is 2.30. The summed E-state index contributed by atoms with van der Waals surface area (Å²) in [4.78, 5) is 33.6. The Kier molecular flexibility index (Phi) is 4.39. The molecule has 1 rings (SSSR count). The Morgan fingerprint density at radius 2 is 2.11 bits per heavy atom. The van der Waals surface area contributed by atoms with E-state index in [9.17, 15) is 14.4 Å². The zero-order valence-electron chi connectivity index (χ0n) is 11.3. The summed E-state index contributed by atoms with van der Waals surface area (Å²) < 4.78 is 9.87. The van der Waals surface area contributed by atoms with Crippen molar-refractivity contribution in [3.63, 3.8) is 0 Å². The molecule has 1 heterocycles. The second kappa shape index (κ2) is 5.46. The summed E-state index contributed by atoms with van der Waals surface area (Å²) in [6, 6.07) is 0. The van der Waals surface area contributed by atoms with Crippen LogP contribution in [0.4, 0.5) is 4.79 Å². The van der Waals surface area contributed by atoms with Gasteiger partial charge in [0.25, 0.3) is 0 Å². The van der Waals surface area contributed by atoms with Gasteiger partial charge in [-0.25, -0.2) is 9.59 Å². The first-order chi connectivity index (χ1) is 8.65. The van der Waals surface area contributed by atoms with Crippen LogP contribution in [0.3, 0.4) is 0 Å². The van der Waals surface area contributed by atoms with Gasteiger partial charge in [0.2, 0.25) is 5.60 Å². The highest BCUT2D eigenvalue weighted by molar-refractivity contribution is 5.85. The Morgan fingerprint density at radius 3 is 2.53 bits per heavy atom. The monoisotopic (exact) mass is 273 g/mol. The van der Waals surface area contributed by atoms with Gasteiger partial charge >= 0.3 is 18.0 Å². The maximum atomic E-state index is 11.4. The van der Waals surface area contributed by atoms with E-state index in [4.69, 9.17) is 14.6 Å². The Morgan fingerprint density at radius 1 is 1.47 bits per heavy atom. The third-order valence-corrected chi connectivity index (χ3v) is 2.63. The van der Waals surface area contributed by atoms with E-state index in [0.717, 1.165) is 0 Å². The van der Waals surface area contributed by atoms with Crippen molar-refractivity contribution in [2.45, 2.75) is 51.2 Å². The van der Waals surface area contributed by atoms with Gasteiger partial charge in [-0.15, -0.1) is 0 Å². The minimum Gasteiger partial charge on any atom is -0.478 e. The molecule has 0 aromatic rings. The number of nitrogens with one attached hydrogen (secondary N) is 1. The van der Waals surface area contributed by atoms with Gasteiger partial charge in [0.05, 0.1) is 0 Å². The zero-order chi connectivity index (χ0) is 14.7. The summed E-state index contributed by atoms with van der Waals surface area (Å²) in [5.74, 6) is -1.72. The molecule has 0 aromatic carbocycles. The van der Waals surface area contributed by atoms with E-state index < -0.39 is 29.2 Å². The molecule has 0 bridgehead atoms. The highest BCUT2D eigenvalue weighted by Gasteiger charge is 2.47. The van der Waals surface area contributed by atoms with Crippen molar-refractivity contribution in [1.82, 2.24) is 5.32 Å². The van der Waals surface area contributed by atoms with Gasteiger partial charge in [0, 0.05) is 25.8 Å². The molecule has 0 saturated carbocycles. The third kappa shape index (κ3) is 4.42. The molecule has 108 valence electrons. The standard InChI is InChI=1S/C12H19NO6/c1-11(2,3)19-10(17)13-7-6-12(9(15)16)5-4-8(14)18-12/h4-7H2,1-3H3,(H,13,17)(H,15,16). The fourth-order valence-electron chi connectivity index (χ4n) is 1.74. The molecule has 1 saturated heterocycles. The first-order valence-corrected chi connectivity index (χ1v) is 6.07. The largest absolute Gasteiger partial charge is 0.478 e. The molecule has 2 N–H and O–H groups in total. The third-order valence-electron chi connectivity index (χ3n) is 2.63. The van der Waals surface area contributed by atoms with E-state index in [1.54, 1.807) is 20.8 Å². The van der Waals surface area contributed by atoms with E-state index in [1.165, 1.54) is 0 Å². The van der Waals surface area contributed by atoms with Crippen LogP contribution >= 0.6 is 0 Å². The first-order valence-electron chi connectivity index (χ1n) is 6.07. The minimum absolute atomic E-state index is 0.0211. The molecule has 1 aliphatic heterocycles. The SMILES string of the molecule is CC(C)(C)OC(=O)NCCC1(C(=O)O)CCC(=O)O1. The predicted octanol–water partition coefficient (Wildman–Crippen LogP) is 1.06. The van der Waals surface area contributed by atoms with E-state index in [0.29, 0.717) is 0 Å². The van der Waals surface area contributed by atoms with Crippen molar-refractivity contribution in [2.75, 3.05) is 6.54 Å². The highest BCUT2D eigenvalue weighted by atomic mass is 16.6. The van der Waals surface area contributed by atoms with Crippen LogP contribution in [0, 0.1) is 0 Å². The predicted molar refractivity (Wildman–Crippen MR) is 64.5 cm³/mol. The fourth-order valence-corrected chi connectivity index (χ4v) is 1.74. The lowest BCUT2D eigenvalue weighted by atomic mass is 9.96. The van der Waals surface area contributed by atoms with Crippen LogP contribution in [0.2, 0.25) is 0 Å². The smallest absolute Gasteiger partial charge is 0.407 e. The lowest BCUT2D eigenvalue weighted by Crippen LogP contribution is -2.42. The molecule has 1 aliphatic rings. The Labute approximate surface area is 111 Å². The number of rotatable bonds is 4. The lowest BCUT2D eigenvalue weighted by Gasteiger charge is -2.23. The molecule has 7 heteroatoms. The maximum absolute atomic E-state index is 11.4. The van der Waals surface area contributed by atoms with Crippen molar-refractivity contribution in [2.24, 2.45) is 0 Å². The summed E-state index contributed by atoms with van der Waals surface area (Å²) in [7, 11) is 0. The summed E-state index contributed by atoms with van der Waals surface area (Å²) in [6.07, 6.45) is -0.402. The molecule has 0 aromatic heterocycles. The van der Waals surface area contributed by atoms with Gasteiger partial charge in [-0.3, -0.25) is 4.79 Å². The number of cyclic esters (lactones) is 1. The van der Waals surface area contributed by atoms with Crippen LogP contribution in [-0.2, 0) is 19.1 Å². The second-order valence-electron chi connectivity index (χ2n) is 5.45. The zero-order valence-corrected chi connectivity index (χ0v) is 11.3. The van der Waals surface area contributed by atoms with Crippen molar-refractivity contribution in [1.29, 1.82) is 0 Å². The molecule has 0 radical (unpaired) electrons. The molecule has 0 aliphatic carbocycles. The topological polar surface area (TPSA) is 102 Å². The number of carboxylic acid groups (broad SMARTS) is 1. The average molecular weight is 273 g/mol. The van der Waals surface area contributed by atoms with E-state index >= 15 is 0 Å². The van der Waals surface area contributed by atoms with Gasteiger partial charge in [-0.05, 0) is 20.8 Å². The van der Waals surface area contributed by atoms with E-state index in [-0.39, 0.29) is 25.8 Å². The summed E-state index contributed by atoms with van der Waals surface area (Å²) in [5.41, 5.74) is -2.14. The number of alkyl carbamates (subject to hydrolysis) is 1. The number of carbonyl (C=O) groups excluding carboxylic acids is 2. The van der Waals surface area contributed by atoms with E-state index in [1.807, 2.05) is 0 Å². The first kappa shape index (κ1) is 15.3. The summed E-state index contributed by atoms with van der Waals surface area (Å²) in [5, 5.41) is 11.6. The maximum Gasteiger partial charge on any atom is 0.407 e. The number of ether oxygens (including phenoxy) is 2. The van der Waals surface area contributed by atoms with Crippen LogP contribution in [0.15, 0.2) is 0 Å². The van der Waals surface area contributed by atoms with Crippen LogP contribution in [0.25, 0.3) is 0 Å². The van der Waals surface area contributed by atoms with Crippen LogP contribution in [0.1, 0.15) is 40.0 Å². The number of esters is 1. The number of aliphatic carboxylic acids is 1. The lowest BCUT2D eigenvalue weighted by molar-refractivity contribution is -0.170. The quantitative estimate of drug-likeness (QED) is 0.743. The van der Waals surface area contributed by atoms with E-state index in [2.05, 4.69) is 5.32 Å². The van der Waals surface area contributed by atoms with Crippen LogP contribution < -0.4 is 5.32 Å². The number of carboxylic acids is 1. The van der Waals surface area contributed by atoms with Crippen LogP contribution in [0.5, 0.6) is 0 Å².